The lowest BCUT2D eigenvalue weighted by Gasteiger charge is -2.16. The molecule has 3 rings (SSSR count). The molecule has 0 aromatic heterocycles. The number of aryl methyl sites for hydroxylation is 1. The highest BCUT2D eigenvalue weighted by molar-refractivity contribution is 6.30. The van der Waals surface area contributed by atoms with Crippen molar-refractivity contribution in [2.24, 2.45) is 5.92 Å². The molecule has 1 fully saturated rings. The van der Waals surface area contributed by atoms with E-state index in [1.54, 1.807) is 29.2 Å². The third-order valence-corrected chi connectivity index (χ3v) is 4.67. The van der Waals surface area contributed by atoms with Gasteiger partial charge in [-0.15, -0.1) is 0 Å². The Bertz CT molecular complexity index is 731. The Hall–Kier alpha value is -2.33. The summed E-state index contributed by atoms with van der Waals surface area (Å²) in [6.07, 6.45) is 2.08. The summed E-state index contributed by atoms with van der Waals surface area (Å²) in [6, 6.07) is 17.3. The van der Waals surface area contributed by atoms with Gasteiger partial charge in [0.25, 0.3) is 0 Å². The Labute approximate surface area is 152 Å². The van der Waals surface area contributed by atoms with Crippen molar-refractivity contribution in [3.05, 3.63) is 65.2 Å². The molecule has 0 aliphatic carbocycles. The molecular formula is C20H21ClN2O2. The van der Waals surface area contributed by atoms with Gasteiger partial charge in [-0.3, -0.25) is 9.59 Å². The topological polar surface area (TPSA) is 49.4 Å². The normalized spacial score (nSPS) is 16.9. The second-order valence-corrected chi connectivity index (χ2v) is 6.70. The van der Waals surface area contributed by atoms with Crippen molar-refractivity contribution in [2.75, 3.05) is 18.0 Å². The van der Waals surface area contributed by atoms with Crippen molar-refractivity contribution in [3.8, 4) is 0 Å². The molecule has 0 spiro atoms. The lowest BCUT2D eigenvalue weighted by atomic mass is 10.1. The largest absolute Gasteiger partial charge is 0.356 e. The Morgan fingerprint density at radius 3 is 2.56 bits per heavy atom. The van der Waals surface area contributed by atoms with Gasteiger partial charge in [0.1, 0.15) is 0 Å². The minimum absolute atomic E-state index is 0.0215. The van der Waals surface area contributed by atoms with Crippen LogP contribution in [0.4, 0.5) is 5.69 Å². The molecule has 0 radical (unpaired) electrons. The number of carbonyl (C=O) groups excluding carboxylic acids is 2. The zero-order valence-electron chi connectivity index (χ0n) is 14.0. The Balaban J connectivity index is 1.46. The van der Waals surface area contributed by atoms with Crippen molar-refractivity contribution in [2.45, 2.75) is 19.3 Å². The minimum atomic E-state index is -0.292. The highest BCUT2D eigenvalue weighted by atomic mass is 35.5. The summed E-state index contributed by atoms with van der Waals surface area (Å²) in [5.74, 6) is -0.357. The number of nitrogens with one attached hydrogen (secondary N) is 1. The smallest absolute Gasteiger partial charge is 0.227 e. The molecule has 1 atom stereocenters. The Kier molecular flexibility index (Phi) is 5.71. The van der Waals surface area contributed by atoms with Gasteiger partial charge in [-0.05, 0) is 42.7 Å². The van der Waals surface area contributed by atoms with E-state index >= 15 is 0 Å². The molecule has 25 heavy (non-hydrogen) atoms. The maximum Gasteiger partial charge on any atom is 0.227 e. The van der Waals surface area contributed by atoms with Gasteiger partial charge in [-0.2, -0.15) is 0 Å². The van der Waals surface area contributed by atoms with Crippen molar-refractivity contribution in [3.63, 3.8) is 0 Å². The van der Waals surface area contributed by atoms with Crippen LogP contribution in [0.5, 0.6) is 0 Å². The average Bonchev–Trinajstić information content (AvgIpc) is 3.02. The van der Waals surface area contributed by atoms with E-state index in [4.69, 9.17) is 11.6 Å². The fraction of sp³-hybridized carbons (Fsp3) is 0.300. The van der Waals surface area contributed by atoms with Gasteiger partial charge >= 0.3 is 0 Å². The molecule has 2 amide bonds. The van der Waals surface area contributed by atoms with Gasteiger partial charge < -0.3 is 10.2 Å². The fourth-order valence-corrected chi connectivity index (χ4v) is 3.17. The number of anilines is 1. The quantitative estimate of drug-likeness (QED) is 0.806. The maximum atomic E-state index is 12.3. The van der Waals surface area contributed by atoms with Gasteiger partial charge in [-0.1, -0.05) is 41.9 Å². The third-order valence-electron chi connectivity index (χ3n) is 4.42. The molecule has 130 valence electrons. The Morgan fingerprint density at radius 1 is 1.12 bits per heavy atom. The lowest BCUT2D eigenvalue weighted by molar-refractivity contribution is -0.126. The zero-order chi connectivity index (χ0) is 17.6. The fourth-order valence-electron chi connectivity index (χ4n) is 3.05. The van der Waals surface area contributed by atoms with Crippen LogP contribution in [0.1, 0.15) is 18.4 Å². The molecule has 1 saturated heterocycles. The number of nitrogens with zero attached hydrogens (tertiary/aromatic N) is 1. The second kappa shape index (κ2) is 8.17. The van der Waals surface area contributed by atoms with Crippen LogP contribution >= 0.6 is 11.6 Å². The summed E-state index contributed by atoms with van der Waals surface area (Å²) in [6.45, 7) is 1.05. The van der Waals surface area contributed by atoms with Crippen LogP contribution in [0.15, 0.2) is 54.6 Å². The van der Waals surface area contributed by atoms with Crippen LogP contribution in [-0.4, -0.2) is 24.9 Å². The molecule has 1 aliphatic heterocycles. The first-order chi connectivity index (χ1) is 12.1. The van der Waals surface area contributed by atoms with E-state index in [0.29, 0.717) is 18.1 Å². The van der Waals surface area contributed by atoms with Gasteiger partial charge in [-0.25, -0.2) is 0 Å². The monoisotopic (exact) mass is 356 g/mol. The maximum absolute atomic E-state index is 12.3. The molecule has 5 heteroatoms. The summed E-state index contributed by atoms with van der Waals surface area (Å²) in [4.78, 5) is 26.2. The van der Waals surface area contributed by atoms with Crippen LogP contribution < -0.4 is 10.2 Å². The van der Waals surface area contributed by atoms with Gasteiger partial charge in [0.05, 0.1) is 5.92 Å². The van der Waals surface area contributed by atoms with Crippen LogP contribution in [-0.2, 0) is 16.0 Å². The second-order valence-electron chi connectivity index (χ2n) is 6.26. The zero-order valence-corrected chi connectivity index (χ0v) is 14.7. The summed E-state index contributed by atoms with van der Waals surface area (Å²) in [5.41, 5.74) is 2.05. The van der Waals surface area contributed by atoms with E-state index in [1.165, 1.54) is 5.56 Å². The first-order valence-corrected chi connectivity index (χ1v) is 8.89. The van der Waals surface area contributed by atoms with Crippen LogP contribution in [0.3, 0.4) is 0 Å². The molecule has 1 aliphatic rings. The predicted molar refractivity (Wildman–Crippen MR) is 99.7 cm³/mol. The Morgan fingerprint density at radius 2 is 1.84 bits per heavy atom. The van der Waals surface area contributed by atoms with Crippen molar-refractivity contribution in [1.82, 2.24) is 5.32 Å². The van der Waals surface area contributed by atoms with Crippen molar-refractivity contribution < 1.29 is 9.59 Å². The highest BCUT2D eigenvalue weighted by Crippen LogP contribution is 2.26. The molecule has 1 heterocycles. The van der Waals surface area contributed by atoms with Gasteiger partial charge in [0.2, 0.25) is 11.8 Å². The van der Waals surface area contributed by atoms with Crippen molar-refractivity contribution in [1.29, 1.82) is 0 Å². The van der Waals surface area contributed by atoms with Gasteiger partial charge in [0.15, 0.2) is 0 Å². The van der Waals surface area contributed by atoms with E-state index in [2.05, 4.69) is 17.4 Å². The summed E-state index contributed by atoms with van der Waals surface area (Å²) < 4.78 is 0. The van der Waals surface area contributed by atoms with Crippen LogP contribution in [0.2, 0.25) is 5.02 Å². The molecular weight excluding hydrogens is 336 g/mol. The van der Waals surface area contributed by atoms with Crippen molar-refractivity contribution >= 4 is 29.1 Å². The molecule has 0 saturated carbocycles. The molecule has 0 unspecified atom stereocenters. The molecule has 2 aromatic carbocycles. The first-order valence-electron chi connectivity index (χ1n) is 8.51. The average molecular weight is 357 g/mol. The van der Waals surface area contributed by atoms with E-state index in [0.717, 1.165) is 18.5 Å². The lowest BCUT2D eigenvalue weighted by Crippen LogP contribution is -2.33. The SMILES string of the molecule is O=C(NCCCc1ccccc1)[C@H]1CC(=O)N(c2ccc(Cl)cc2)C1. The van der Waals surface area contributed by atoms with E-state index in [-0.39, 0.29) is 24.2 Å². The predicted octanol–water partition coefficient (Wildman–Crippen LogP) is 3.44. The third kappa shape index (κ3) is 4.60. The number of amides is 2. The van der Waals surface area contributed by atoms with E-state index < -0.39 is 0 Å². The number of hydrogen-bond donors (Lipinski definition) is 1. The number of carbonyl (C=O) groups is 2. The van der Waals surface area contributed by atoms with Gasteiger partial charge in [0, 0.05) is 30.2 Å². The van der Waals surface area contributed by atoms with Crippen LogP contribution in [0.25, 0.3) is 0 Å². The van der Waals surface area contributed by atoms with E-state index in [1.807, 2.05) is 18.2 Å². The molecule has 4 nitrogen and oxygen atoms in total. The number of benzene rings is 2. The minimum Gasteiger partial charge on any atom is -0.356 e. The van der Waals surface area contributed by atoms with Crippen LogP contribution in [0, 0.1) is 5.92 Å². The van der Waals surface area contributed by atoms with E-state index in [9.17, 15) is 9.59 Å². The first kappa shape index (κ1) is 17.5. The summed E-state index contributed by atoms with van der Waals surface area (Å²) in [5, 5.41) is 3.59. The summed E-state index contributed by atoms with van der Waals surface area (Å²) in [7, 11) is 0. The molecule has 0 bridgehead atoms. The number of halogens is 1. The number of hydrogen-bond acceptors (Lipinski definition) is 2. The highest BCUT2D eigenvalue weighted by Gasteiger charge is 2.34. The number of rotatable bonds is 6. The molecule has 2 aromatic rings. The standard InChI is InChI=1S/C20H21ClN2O2/c21-17-8-10-18(11-9-17)23-14-16(13-19(23)24)20(25)22-12-4-7-15-5-2-1-3-6-15/h1-3,5-6,8-11,16H,4,7,12-14H2,(H,22,25)/t16-/m0/s1. The molecule has 1 N–H and O–H groups in total. The summed E-state index contributed by atoms with van der Waals surface area (Å²) >= 11 is 5.88.